The highest BCUT2D eigenvalue weighted by atomic mass is 19.1. The van der Waals surface area contributed by atoms with Crippen LogP contribution in [-0.4, -0.2) is 20.7 Å². The Hall–Kier alpha value is -2.96. The number of benzene rings is 1. The molecule has 0 saturated heterocycles. The Morgan fingerprint density at radius 2 is 1.96 bits per heavy atom. The fourth-order valence-electron chi connectivity index (χ4n) is 2.37. The monoisotopic (exact) mass is 356 g/mol. The zero-order chi connectivity index (χ0) is 18.7. The maximum Gasteiger partial charge on any atom is 0.224 e. The first-order chi connectivity index (χ1) is 12.3. The summed E-state index contributed by atoms with van der Waals surface area (Å²) in [6.45, 7) is 6.10. The zero-order valence-electron chi connectivity index (χ0n) is 15.0. The van der Waals surface area contributed by atoms with Crippen molar-refractivity contribution in [2.75, 3.05) is 5.32 Å². The van der Waals surface area contributed by atoms with Crippen molar-refractivity contribution in [1.82, 2.24) is 14.8 Å². The molecule has 0 unspecified atom stereocenters. The Balaban J connectivity index is 1.55. The predicted octanol–water partition coefficient (Wildman–Crippen LogP) is 4.00. The maximum absolute atomic E-state index is 13.0. The highest BCUT2D eigenvalue weighted by Gasteiger charge is 2.15. The summed E-state index contributed by atoms with van der Waals surface area (Å²) in [5, 5.41) is 7.06. The Morgan fingerprint density at radius 1 is 1.23 bits per heavy atom. The highest BCUT2D eigenvalue weighted by molar-refractivity contribution is 5.90. The third-order valence-electron chi connectivity index (χ3n) is 3.80. The van der Waals surface area contributed by atoms with Crippen molar-refractivity contribution in [2.45, 2.75) is 39.2 Å². The van der Waals surface area contributed by atoms with Crippen molar-refractivity contribution in [3.05, 3.63) is 54.6 Å². The van der Waals surface area contributed by atoms with Crippen LogP contribution in [0.4, 0.5) is 10.1 Å². The van der Waals surface area contributed by atoms with E-state index in [4.69, 9.17) is 4.42 Å². The molecule has 6 nitrogen and oxygen atoms in total. The van der Waals surface area contributed by atoms with Crippen LogP contribution in [0.2, 0.25) is 0 Å². The lowest BCUT2D eigenvalue weighted by Crippen LogP contribution is -2.22. The second kappa shape index (κ2) is 7.11. The molecule has 0 spiro atoms. The summed E-state index contributed by atoms with van der Waals surface area (Å²) >= 11 is 0. The lowest BCUT2D eigenvalue weighted by atomic mass is 10.1. The van der Waals surface area contributed by atoms with Crippen LogP contribution in [0.1, 0.15) is 33.1 Å². The average Bonchev–Trinajstić information content (AvgIpc) is 3.22. The van der Waals surface area contributed by atoms with Crippen LogP contribution in [0.25, 0.3) is 11.3 Å². The SMILES string of the molecule is CC(C)(C)n1cc(NC(=O)CCc2ncc(-c3ccc(F)cc3)o2)cn1. The van der Waals surface area contributed by atoms with Crippen LogP contribution < -0.4 is 5.32 Å². The summed E-state index contributed by atoms with van der Waals surface area (Å²) < 4.78 is 20.4. The molecule has 1 N–H and O–H groups in total. The van der Waals surface area contributed by atoms with Gasteiger partial charge in [-0.05, 0) is 45.0 Å². The van der Waals surface area contributed by atoms with E-state index in [1.54, 1.807) is 35.4 Å². The molecule has 0 bridgehead atoms. The summed E-state index contributed by atoms with van der Waals surface area (Å²) in [5.74, 6) is 0.566. The summed E-state index contributed by atoms with van der Waals surface area (Å²) in [6, 6.07) is 5.98. The third-order valence-corrected chi connectivity index (χ3v) is 3.80. The van der Waals surface area contributed by atoms with Gasteiger partial charge in [0.2, 0.25) is 5.91 Å². The number of carbonyl (C=O) groups excluding carboxylic acids is 1. The molecule has 26 heavy (non-hydrogen) atoms. The van der Waals surface area contributed by atoms with Crippen LogP contribution in [0.5, 0.6) is 0 Å². The minimum Gasteiger partial charge on any atom is -0.441 e. The molecule has 0 aliphatic rings. The van der Waals surface area contributed by atoms with Gasteiger partial charge in [0.05, 0.1) is 23.6 Å². The molecule has 0 saturated carbocycles. The predicted molar refractivity (Wildman–Crippen MR) is 96.1 cm³/mol. The fraction of sp³-hybridized carbons (Fsp3) is 0.316. The van der Waals surface area contributed by atoms with Crippen LogP contribution in [0.3, 0.4) is 0 Å². The fourth-order valence-corrected chi connectivity index (χ4v) is 2.37. The first-order valence-electron chi connectivity index (χ1n) is 8.37. The van der Waals surface area contributed by atoms with Gasteiger partial charge < -0.3 is 9.73 Å². The van der Waals surface area contributed by atoms with Crippen LogP contribution in [-0.2, 0) is 16.8 Å². The molecule has 0 fully saturated rings. The van der Waals surface area contributed by atoms with Gasteiger partial charge in [-0.2, -0.15) is 5.10 Å². The van der Waals surface area contributed by atoms with Crippen molar-refractivity contribution in [1.29, 1.82) is 0 Å². The van der Waals surface area contributed by atoms with E-state index in [0.29, 0.717) is 23.8 Å². The number of anilines is 1. The molecule has 0 aliphatic carbocycles. The quantitative estimate of drug-likeness (QED) is 0.750. The summed E-state index contributed by atoms with van der Waals surface area (Å²) in [4.78, 5) is 16.3. The standard InChI is InChI=1S/C19H21FN4O2/c1-19(2,3)24-12-15(10-22-24)23-17(25)8-9-18-21-11-16(26-18)13-4-6-14(20)7-5-13/h4-7,10-12H,8-9H2,1-3H3,(H,23,25). The van der Waals surface area contributed by atoms with E-state index in [1.165, 1.54) is 12.1 Å². The number of aryl methyl sites for hydroxylation is 1. The van der Waals surface area contributed by atoms with Gasteiger partial charge in [0.25, 0.3) is 0 Å². The molecule has 0 radical (unpaired) electrons. The summed E-state index contributed by atoms with van der Waals surface area (Å²) in [6.07, 6.45) is 5.62. The molecule has 3 aromatic rings. The summed E-state index contributed by atoms with van der Waals surface area (Å²) in [7, 11) is 0. The summed E-state index contributed by atoms with van der Waals surface area (Å²) in [5.41, 5.74) is 1.26. The number of hydrogen-bond acceptors (Lipinski definition) is 4. The van der Waals surface area contributed by atoms with Gasteiger partial charge in [-0.15, -0.1) is 0 Å². The van der Waals surface area contributed by atoms with E-state index in [1.807, 2.05) is 20.8 Å². The lowest BCUT2D eigenvalue weighted by Gasteiger charge is -2.18. The zero-order valence-corrected chi connectivity index (χ0v) is 15.0. The second-order valence-corrected chi connectivity index (χ2v) is 7.02. The number of carbonyl (C=O) groups is 1. The van der Waals surface area contributed by atoms with Gasteiger partial charge in [-0.25, -0.2) is 9.37 Å². The Bertz CT molecular complexity index is 891. The number of nitrogens with one attached hydrogen (secondary N) is 1. The Kier molecular flexibility index (Phi) is 4.88. The minimum atomic E-state index is -0.306. The second-order valence-electron chi connectivity index (χ2n) is 7.02. The smallest absolute Gasteiger partial charge is 0.224 e. The normalized spacial score (nSPS) is 11.5. The average molecular weight is 356 g/mol. The Morgan fingerprint density at radius 3 is 2.62 bits per heavy atom. The number of hydrogen-bond donors (Lipinski definition) is 1. The topological polar surface area (TPSA) is 73.0 Å². The first kappa shape index (κ1) is 17.8. The molecule has 0 atom stereocenters. The van der Waals surface area contributed by atoms with Crippen molar-refractivity contribution < 1.29 is 13.6 Å². The van der Waals surface area contributed by atoms with E-state index in [9.17, 15) is 9.18 Å². The van der Waals surface area contributed by atoms with Crippen molar-refractivity contribution in [3.63, 3.8) is 0 Å². The third kappa shape index (κ3) is 4.36. The molecule has 3 rings (SSSR count). The minimum absolute atomic E-state index is 0.139. The van der Waals surface area contributed by atoms with Gasteiger partial charge in [-0.1, -0.05) is 0 Å². The number of halogens is 1. The van der Waals surface area contributed by atoms with Crippen molar-refractivity contribution in [3.8, 4) is 11.3 Å². The number of nitrogens with zero attached hydrogens (tertiary/aromatic N) is 3. The number of aromatic nitrogens is 3. The van der Waals surface area contributed by atoms with Gasteiger partial charge >= 0.3 is 0 Å². The largest absolute Gasteiger partial charge is 0.441 e. The van der Waals surface area contributed by atoms with Gasteiger partial charge in [0.1, 0.15) is 5.82 Å². The number of oxazole rings is 1. The maximum atomic E-state index is 13.0. The molecule has 2 aromatic heterocycles. The van der Waals surface area contributed by atoms with Gasteiger partial charge in [0.15, 0.2) is 11.7 Å². The van der Waals surface area contributed by atoms with Gasteiger partial charge in [0, 0.05) is 24.6 Å². The van der Waals surface area contributed by atoms with Crippen LogP contribution in [0.15, 0.2) is 47.3 Å². The first-order valence-corrected chi connectivity index (χ1v) is 8.37. The van der Waals surface area contributed by atoms with Crippen molar-refractivity contribution >= 4 is 11.6 Å². The number of rotatable bonds is 5. The van der Waals surface area contributed by atoms with E-state index >= 15 is 0 Å². The highest BCUT2D eigenvalue weighted by Crippen LogP contribution is 2.21. The molecule has 1 aromatic carbocycles. The lowest BCUT2D eigenvalue weighted by molar-refractivity contribution is -0.116. The van der Waals surface area contributed by atoms with Gasteiger partial charge in [-0.3, -0.25) is 9.48 Å². The van der Waals surface area contributed by atoms with E-state index < -0.39 is 0 Å². The molecule has 2 heterocycles. The molecule has 136 valence electrons. The van der Waals surface area contributed by atoms with E-state index in [0.717, 1.165) is 5.56 Å². The van der Waals surface area contributed by atoms with E-state index in [2.05, 4.69) is 15.4 Å². The molecule has 1 amide bonds. The van der Waals surface area contributed by atoms with E-state index in [-0.39, 0.29) is 23.7 Å². The van der Waals surface area contributed by atoms with Crippen LogP contribution in [0, 0.1) is 5.82 Å². The van der Waals surface area contributed by atoms with Crippen LogP contribution >= 0.6 is 0 Å². The Labute approximate surface area is 151 Å². The van der Waals surface area contributed by atoms with Crippen molar-refractivity contribution in [2.24, 2.45) is 0 Å². The molecule has 0 aliphatic heterocycles. The number of amides is 1. The molecular weight excluding hydrogens is 335 g/mol. The molecular formula is C19H21FN4O2. The molecule has 7 heteroatoms.